The molecule has 168 valence electrons. The number of carbonyl (C=O) groups is 1. The summed E-state index contributed by atoms with van der Waals surface area (Å²) in [6.07, 6.45) is 10.8. The van der Waals surface area contributed by atoms with E-state index in [4.69, 9.17) is 0 Å². The second kappa shape index (κ2) is 10.6. The highest BCUT2D eigenvalue weighted by atomic mass is 16.1. The van der Waals surface area contributed by atoms with Crippen LogP contribution in [0.4, 0.5) is 5.69 Å². The zero-order valence-corrected chi connectivity index (χ0v) is 19.4. The van der Waals surface area contributed by atoms with Crippen LogP contribution in [-0.4, -0.2) is 60.0 Å². The molecule has 0 saturated heterocycles. The van der Waals surface area contributed by atoms with E-state index < -0.39 is 0 Å². The molecule has 1 heterocycles. The first kappa shape index (κ1) is 23.1. The highest BCUT2D eigenvalue weighted by Gasteiger charge is 2.28. The molecule has 2 N–H and O–H groups in total. The van der Waals surface area contributed by atoms with Crippen LogP contribution in [0.15, 0.2) is 31.1 Å². The van der Waals surface area contributed by atoms with Crippen molar-refractivity contribution >= 4 is 17.7 Å². The number of nitrogens with zero attached hydrogens (tertiary/aromatic N) is 3. The number of hydrogen-bond donors (Lipinski definition) is 2. The Kier molecular flexibility index (Phi) is 7.91. The van der Waals surface area contributed by atoms with Gasteiger partial charge in [0.05, 0.1) is 0 Å². The smallest absolute Gasteiger partial charge is 0.251 e. The van der Waals surface area contributed by atoms with E-state index in [0.717, 1.165) is 34.7 Å². The van der Waals surface area contributed by atoms with Crippen LogP contribution in [0.5, 0.6) is 0 Å². The second-order valence-corrected chi connectivity index (χ2v) is 8.67. The molecule has 0 atom stereocenters. The van der Waals surface area contributed by atoms with Gasteiger partial charge in [0.25, 0.3) is 5.91 Å². The molecule has 0 aliphatic heterocycles. The predicted octanol–water partition coefficient (Wildman–Crippen LogP) is 4.03. The average molecular weight is 424 g/mol. The van der Waals surface area contributed by atoms with Crippen molar-refractivity contribution in [3.05, 3.63) is 53.6 Å². The lowest BCUT2D eigenvalue weighted by Gasteiger charge is -2.40. The third kappa shape index (κ3) is 5.56. The van der Waals surface area contributed by atoms with E-state index in [2.05, 4.69) is 65.7 Å². The molecule has 0 radical (unpaired) electrons. The van der Waals surface area contributed by atoms with Crippen LogP contribution in [0.3, 0.4) is 0 Å². The largest absolute Gasteiger partial charge is 0.369 e. The molecule has 0 unspecified atom stereocenters. The fourth-order valence-electron chi connectivity index (χ4n) is 4.71. The molecular formula is C25H37N5O. The third-order valence-corrected chi connectivity index (χ3v) is 6.57. The normalized spacial score (nSPS) is 18.7. The van der Waals surface area contributed by atoms with E-state index >= 15 is 0 Å². The van der Waals surface area contributed by atoms with E-state index in [9.17, 15) is 4.79 Å². The molecule has 0 spiro atoms. The van der Waals surface area contributed by atoms with Crippen LogP contribution in [0.2, 0.25) is 0 Å². The molecule has 6 heteroatoms. The fraction of sp³-hybridized carbons (Fsp3) is 0.520. The van der Waals surface area contributed by atoms with Crippen molar-refractivity contribution in [2.45, 2.75) is 58.0 Å². The minimum atomic E-state index is -0.0404. The Bertz CT molecular complexity index is 866. The summed E-state index contributed by atoms with van der Waals surface area (Å²) >= 11 is 0. The molecule has 1 fully saturated rings. The minimum absolute atomic E-state index is 0.0404. The fourth-order valence-corrected chi connectivity index (χ4v) is 4.71. The summed E-state index contributed by atoms with van der Waals surface area (Å²) in [4.78, 5) is 25.2. The number of hydrogen-bond acceptors (Lipinski definition) is 4. The Labute approximate surface area is 186 Å². The summed E-state index contributed by atoms with van der Waals surface area (Å²) in [6, 6.07) is 5.31. The number of amides is 1. The Morgan fingerprint density at radius 1 is 1.26 bits per heavy atom. The van der Waals surface area contributed by atoms with Gasteiger partial charge in [0.2, 0.25) is 0 Å². The zero-order valence-electron chi connectivity index (χ0n) is 19.4. The lowest BCUT2D eigenvalue weighted by Crippen LogP contribution is -2.42. The molecule has 6 nitrogen and oxygen atoms in total. The van der Waals surface area contributed by atoms with E-state index in [1.807, 2.05) is 12.1 Å². The summed E-state index contributed by atoms with van der Waals surface area (Å²) < 4.78 is 0. The Hall–Kier alpha value is -2.60. The number of H-pyrrole nitrogens is 1. The SMILES string of the molecule is C=Cc1cc(C(=O)NCCc2ncc[nH]2)c(C)c(N(CC)[C@H]2CC[C@H](N(C)C)CC2)c1. The second-order valence-electron chi connectivity index (χ2n) is 8.67. The van der Waals surface area contributed by atoms with Gasteiger partial charge in [-0.05, 0) is 76.9 Å². The third-order valence-electron chi connectivity index (χ3n) is 6.57. The lowest BCUT2D eigenvalue weighted by atomic mass is 9.88. The molecular weight excluding hydrogens is 386 g/mol. The van der Waals surface area contributed by atoms with Gasteiger partial charge in [-0.3, -0.25) is 4.79 Å². The maximum atomic E-state index is 13.0. The molecule has 0 bridgehead atoms. The van der Waals surface area contributed by atoms with Crippen LogP contribution < -0.4 is 10.2 Å². The van der Waals surface area contributed by atoms with Gasteiger partial charge >= 0.3 is 0 Å². The van der Waals surface area contributed by atoms with Gasteiger partial charge < -0.3 is 20.1 Å². The highest BCUT2D eigenvalue weighted by Crippen LogP contribution is 2.33. The van der Waals surface area contributed by atoms with E-state index in [1.54, 1.807) is 12.4 Å². The first-order valence-corrected chi connectivity index (χ1v) is 11.4. The molecule has 31 heavy (non-hydrogen) atoms. The van der Waals surface area contributed by atoms with E-state index in [0.29, 0.717) is 25.0 Å². The van der Waals surface area contributed by atoms with Gasteiger partial charge in [-0.15, -0.1) is 0 Å². The molecule has 1 amide bonds. The Morgan fingerprint density at radius 2 is 1.97 bits per heavy atom. The van der Waals surface area contributed by atoms with Crippen molar-refractivity contribution in [2.24, 2.45) is 0 Å². The van der Waals surface area contributed by atoms with Gasteiger partial charge in [-0.1, -0.05) is 12.7 Å². The van der Waals surface area contributed by atoms with Crippen molar-refractivity contribution < 1.29 is 4.79 Å². The highest BCUT2D eigenvalue weighted by molar-refractivity contribution is 5.98. The van der Waals surface area contributed by atoms with Gasteiger partial charge in [-0.25, -0.2) is 4.98 Å². The number of rotatable bonds is 9. The maximum absolute atomic E-state index is 13.0. The molecule has 1 aliphatic carbocycles. The van der Waals surface area contributed by atoms with E-state index in [-0.39, 0.29) is 5.91 Å². The van der Waals surface area contributed by atoms with Crippen LogP contribution >= 0.6 is 0 Å². The topological polar surface area (TPSA) is 64.3 Å². The van der Waals surface area contributed by atoms with Crippen LogP contribution in [0.1, 0.15) is 59.9 Å². The standard InChI is InChI=1S/C25H37N5O/c1-6-19-16-22(25(31)28-13-12-24-26-14-15-27-24)18(3)23(17-19)30(7-2)21-10-8-20(9-11-21)29(4)5/h6,14-17,20-21H,1,7-13H2,2-5H3,(H,26,27)(H,28,31)/t20-,21-. The summed E-state index contributed by atoms with van der Waals surface area (Å²) in [5.74, 6) is 0.837. The Morgan fingerprint density at radius 3 is 2.55 bits per heavy atom. The van der Waals surface area contributed by atoms with Crippen molar-refractivity contribution in [3.63, 3.8) is 0 Å². The van der Waals surface area contributed by atoms with Gasteiger partial charge in [-0.2, -0.15) is 0 Å². The van der Waals surface area contributed by atoms with Crippen molar-refractivity contribution in [1.29, 1.82) is 0 Å². The number of aromatic nitrogens is 2. The maximum Gasteiger partial charge on any atom is 0.251 e. The van der Waals surface area contributed by atoms with Crippen LogP contribution in [0, 0.1) is 6.92 Å². The summed E-state index contributed by atoms with van der Waals surface area (Å²) in [5, 5.41) is 3.05. The Balaban J connectivity index is 1.78. The van der Waals surface area contributed by atoms with Gasteiger partial charge in [0, 0.05) is 55.2 Å². The first-order valence-electron chi connectivity index (χ1n) is 11.4. The predicted molar refractivity (Wildman–Crippen MR) is 129 cm³/mol. The number of aromatic amines is 1. The number of carbonyl (C=O) groups excluding carboxylic acids is 1. The van der Waals surface area contributed by atoms with E-state index in [1.165, 1.54) is 25.7 Å². The summed E-state index contributed by atoms with van der Waals surface area (Å²) in [7, 11) is 4.36. The molecule has 2 aromatic rings. The van der Waals surface area contributed by atoms with Crippen LogP contribution in [0.25, 0.3) is 6.08 Å². The monoisotopic (exact) mass is 423 g/mol. The molecule has 1 aromatic carbocycles. The van der Waals surface area contributed by atoms with Crippen LogP contribution in [-0.2, 0) is 6.42 Å². The quantitative estimate of drug-likeness (QED) is 0.639. The minimum Gasteiger partial charge on any atom is -0.369 e. The molecule has 1 aliphatic rings. The molecule has 1 saturated carbocycles. The summed E-state index contributed by atoms with van der Waals surface area (Å²) in [6.45, 7) is 9.71. The van der Waals surface area contributed by atoms with Crippen molar-refractivity contribution in [3.8, 4) is 0 Å². The number of nitrogens with one attached hydrogen (secondary N) is 2. The molecule has 1 aromatic heterocycles. The first-order chi connectivity index (χ1) is 14.9. The lowest BCUT2D eigenvalue weighted by molar-refractivity contribution is 0.0953. The number of imidazole rings is 1. The van der Waals surface area contributed by atoms with Crippen molar-refractivity contribution in [2.75, 3.05) is 32.1 Å². The van der Waals surface area contributed by atoms with Gasteiger partial charge in [0.15, 0.2) is 0 Å². The summed E-state index contributed by atoms with van der Waals surface area (Å²) in [5.41, 5.74) is 3.91. The zero-order chi connectivity index (χ0) is 22.4. The number of benzene rings is 1. The number of anilines is 1. The molecule has 3 rings (SSSR count). The van der Waals surface area contributed by atoms with Gasteiger partial charge in [0.1, 0.15) is 5.82 Å². The average Bonchev–Trinajstić information content (AvgIpc) is 3.29. The van der Waals surface area contributed by atoms with Crippen molar-refractivity contribution in [1.82, 2.24) is 20.2 Å².